The van der Waals surface area contributed by atoms with E-state index in [1.807, 2.05) is 0 Å². The van der Waals surface area contributed by atoms with Gasteiger partial charge in [0.15, 0.2) is 30.6 Å². The van der Waals surface area contributed by atoms with Crippen molar-refractivity contribution < 1.29 is 77.5 Å². The number of carbonyl (C=O) groups excluding carboxylic acids is 4. The molecule has 0 rings (SSSR count). The van der Waals surface area contributed by atoms with Gasteiger partial charge in [-0.3, -0.25) is 0 Å². The van der Waals surface area contributed by atoms with Crippen LogP contribution in [0.1, 0.15) is 0 Å². The van der Waals surface area contributed by atoms with Crippen LogP contribution in [0.3, 0.4) is 0 Å². The molecule has 0 spiro atoms. The molecule has 0 aromatic heterocycles. The highest BCUT2D eigenvalue weighted by Gasteiger charge is 2.59. The number of aliphatic hydroxyl groups excluding tert-OH is 4. The van der Waals surface area contributed by atoms with Crippen LogP contribution in [0.4, 0.5) is 0 Å². The second-order valence-corrected chi connectivity index (χ2v) is 7.38. The lowest BCUT2D eigenvalue weighted by molar-refractivity contribution is -0.396. The van der Waals surface area contributed by atoms with Crippen molar-refractivity contribution in [2.24, 2.45) is 5.41 Å². The molecular weight excluding hydrogens is 556 g/mol. The summed E-state index contributed by atoms with van der Waals surface area (Å²) in [5.74, 6) is -3.27. The number of esters is 4. The third-order valence-electron chi connectivity index (χ3n) is 4.79. The van der Waals surface area contributed by atoms with Gasteiger partial charge in [-0.15, -0.1) is 0 Å². The van der Waals surface area contributed by atoms with Crippen LogP contribution in [0.5, 0.6) is 0 Å². The molecule has 0 heterocycles. The maximum atomic E-state index is 11.3. The lowest BCUT2D eigenvalue weighted by Gasteiger charge is -2.45. The molecule has 0 aliphatic carbocycles. The smallest absolute Gasteiger partial charge is 0.330 e. The highest BCUT2D eigenvalue weighted by Crippen LogP contribution is 2.38. The molecular formula is C25H36O16. The van der Waals surface area contributed by atoms with Crippen molar-refractivity contribution in [3.05, 3.63) is 50.6 Å². The van der Waals surface area contributed by atoms with Crippen LogP contribution in [-0.4, -0.2) is 122 Å². The topological polar surface area (TPSA) is 223 Å². The van der Waals surface area contributed by atoms with Gasteiger partial charge in [-0.2, -0.15) is 0 Å². The van der Waals surface area contributed by atoms with E-state index in [4.69, 9.17) is 37.9 Å². The van der Waals surface area contributed by atoms with Gasteiger partial charge in [-0.1, -0.05) is 26.3 Å². The molecule has 0 saturated heterocycles. The number of hydrogen-bond donors (Lipinski definition) is 4. The Morgan fingerprint density at radius 3 is 0.829 bits per heavy atom. The highest BCUT2D eigenvalue weighted by molar-refractivity contribution is 5.82. The quantitative estimate of drug-likeness (QED) is 0.0320. The minimum Gasteiger partial charge on any atom is -0.460 e. The van der Waals surface area contributed by atoms with Crippen LogP contribution in [0, 0.1) is 5.41 Å². The summed E-state index contributed by atoms with van der Waals surface area (Å²) in [7, 11) is 0. The number of hydrogen-bond acceptors (Lipinski definition) is 16. The van der Waals surface area contributed by atoms with E-state index in [1.54, 1.807) is 0 Å². The second-order valence-electron chi connectivity index (χ2n) is 7.38. The van der Waals surface area contributed by atoms with Crippen molar-refractivity contribution in [3.8, 4) is 0 Å². The maximum Gasteiger partial charge on any atom is 0.330 e. The van der Waals surface area contributed by atoms with Crippen LogP contribution >= 0.6 is 0 Å². The summed E-state index contributed by atoms with van der Waals surface area (Å²) in [6, 6.07) is 0. The van der Waals surface area contributed by atoms with Crippen LogP contribution in [0.2, 0.25) is 0 Å². The molecule has 0 fully saturated rings. The van der Waals surface area contributed by atoms with Crippen molar-refractivity contribution in [2.75, 3.05) is 52.9 Å². The van der Waals surface area contributed by atoms with Crippen LogP contribution in [0.15, 0.2) is 50.6 Å². The van der Waals surface area contributed by atoms with Gasteiger partial charge in [0.1, 0.15) is 26.4 Å². The lowest BCUT2D eigenvalue weighted by Crippen LogP contribution is -2.64. The predicted octanol–water partition coefficient (Wildman–Crippen LogP) is -1.77. The van der Waals surface area contributed by atoms with E-state index in [0.717, 1.165) is 24.3 Å². The molecule has 0 aromatic rings. The Morgan fingerprint density at radius 1 is 0.463 bits per heavy atom. The van der Waals surface area contributed by atoms with E-state index in [1.165, 1.54) is 0 Å². The van der Waals surface area contributed by atoms with Crippen molar-refractivity contribution in [3.63, 3.8) is 0 Å². The molecule has 16 heteroatoms. The number of aliphatic hydroxyl groups is 4. The molecule has 232 valence electrons. The average molecular weight is 593 g/mol. The first-order valence-corrected chi connectivity index (χ1v) is 11.9. The molecule has 0 bridgehead atoms. The Kier molecular flexibility index (Phi) is 19.5. The van der Waals surface area contributed by atoms with Gasteiger partial charge in [-0.25, -0.2) is 19.2 Å². The first-order valence-electron chi connectivity index (χ1n) is 11.9. The summed E-state index contributed by atoms with van der Waals surface area (Å²) in [6.45, 7) is 8.95. The summed E-state index contributed by atoms with van der Waals surface area (Å²) in [4.78, 5) is 45.1. The molecule has 0 radical (unpaired) electrons. The number of carbonyl (C=O) groups is 4. The Bertz CT molecular complexity index is 730. The largest absolute Gasteiger partial charge is 0.460 e. The Morgan fingerprint density at radius 2 is 0.659 bits per heavy atom. The third kappa shape index (κ3) is 13.6. The monoisotopic (exact) mass is 592 g/mol. The molecule has 0 saturated carbocycles. The highest BCUT2D eigenvalue weighted by atomic mass is 16.7. The minimum atomic E-state index is -2.82. The van der Waals surface area contributed by atoms with Gasteiger partial charge in [0.05, 0.1) is 26.4 Å². The van der Waals surface area contributed by atoms with Crippen molar-refractivity contribution in [1.82, 2.24) is 0 Å². The molecule has 4 N–H and O–H groups in total. The predicted molar refractivity (Wildman–Crippen MR) is 135 cm³/mol. The van der Waals surface area contributed by atoms with Crippen molar-refractivity contribution >= 4 is 23.9 Å². The SMILES string of the molecule is C=CC(=O)OCCOC(O)C(C(O)OCCOC(=O)C=C)(C(O)OCCOC(=O)C=C)C(O)OCCOC(=O)C=C. The van der Waals surface area contributed by atoms with E-state index in [9.17, 15) is 39.6 Å². The Hall–Kier alpha value is -3.48. The van der Waals surface area contributed by atoms with Gasteiger partial charge < -0.3 is 58.3 Å². The summed E-state index contributed by atoms with van der Waals surface area (Å²) in [6.07, 6.45) is -6.06. The van der Waals surface area contributed by atoms with Crippen LogP contribution in [-0.2, 0) is 57.1 Å². The molecule has 0 amide bonds. The summed E-state index contributed by atoms with van der Waals surface area (Å²) in [5.41, 5.74) is -2.82. The van der Waals surface area contributed by atoms with Crippen LogP contribution in [0.25, 0.3) is 0 Å². The summed E-state index contributed by atoms with van der Waals surface area (Å²) in [5, 5.41) is 43.8. The van der Waals surface area contributed by atoms with Gasteiger partial charge in [0.2, 0.25) is 0 Å². The number of ether oxygens (including phenoxy) is 8. The molecule has 4 unspecified atom stereocenters. The fourth-order valence-electron chi connectivity index (χ4n) is 2.75. The van der Waals surface area contributed by atoms with Gasteiger partial charge >= 0.3 is 23.9 Å². The summed E-state index contributed by atoms with van der Waals surface area (Å²) < 4.78 is 39.6. The zero-order valence-electron chi connectivity index (χ0n) is 22.3. The van der Waals surface area contributed by atoms with Crippen molar-refractivity contribution in [1.29, 1.82) is 0 Å². The number of rotatable bonds is 24. The van der Waals surface area contributed by atoms with Gasteiger partial charge in [-0.05, 0) is 0 Å². The van der Waals surface area contributed by atoms with E-state index in [0.29, 0.717) is 0 Å². The van der Waals surface area contributed by atoms with Gasteiger partial charge in [0, 0.05) is 24.3 Å². The van der Waals surface area contributed by atoms with Crippen molar-refractivity contribution in [2.45, 2.75) is 25.2 Å². The Balaban J connectivity index is 6.00. The van der Waals surface area contributed by atoms with E-state index < -0.39 is 107 Å². The third-order valence-corrected chi connectivity index (χ3v) is 4.79. The molecule has 41 heavy (non-hydrogen) atoms. The maximum absolute atomic E-state index is 11.3. The van der Waals surface area contributed by atoms with E-state index in [-0.39, 0.29) is 0 Å². The lowest BCUT2D eigenvalue weighted by atomic mass is 9.83. The first-order chi connectivity index (χ1) is 19.5. The zero-order chi connectivity index (χ0) is 31.3. The average Bonchev–Trinajstić information content (AvgIpc) is 2.97. The molecule has 0 aromatic carbocycles. The molecule has 0 aliphatic heterocycles. The standard InChI is InChI=1S/C25H36O16/c1-5-17(26)34-9-13-38-21(30)25(22(31)39-14-10-35-18(27)6-2,23(32)40-15-11-36-19(28)7-3)24(33)41-16-12-37-20(29)8-4/h5-8,21-24,30-33H,1-4,9-16H2. The Labute approximate surface area is 235 Å². The summed E-state index contributed by atoms with van der Waals surface area (Å²) >= 11 is 0. The fourth-order valence-corrected chi connectivity index (χ4v) is 2.75. The first kappa shape index (κ1) is 37.5. The van der Waals surface area contributed by atoms with E-state index >= 15 is 0 Å². The zero-order valence-corrected chi connectivity index (χ0v) is 22.3. The van der Waals surface area contributed by atoms with Crippen LogP contribution < -0.4 is 0 Å². The second kappa shape index (κ2) is 21.3. The molecule has 4 atom stereocenters. The van der Waals surface area contributed by atoms with Gasteiger partial charge in [0.25, 0.3) is 0 Å². The normalized spacial score (nSPS) is 15.1. The molecule has 0 aliphatic rings. The minimum absolute atomic E-state index is 0.435. The molecule has 16 nitrogen and oxygen atoms in total. The fraction of sp³-hybridized carbons (Fsp3) is 0.520. The van der Waals surface area contributed by atoms with E-state index in [2.05, 4.69) is 26.3 Å².